The van der Waals surface area contributed by atoms with E-state index in [2.05, 4.69) is 60.3 Å². The SMILES string of the molecule is CCn1ncnc1C1c2n[nH]c(=O)c3cc(F)cc(c23)NNC1c1ccc(CN2CCC2)cc1. The molecule has 0 radical (unpaired) electrons. The summed E-state index contributed by atoms with van der Waals surface area (Å²) in [6, 6.07) is 10.8. The van der Waals surface area contributed by atoms with E-state index in [1.165, 1.54) is 30.4 Å². The monoisotopic (exact) mass is 460 g/mol. The van der Waals surface area contributed by atoms with Gasteiger partial charge in [-0.25, -0.2) is 24.6 Å². The Bertz CT molecular complexity index is 1410. The number of hydrogen-bond acceptors (Lipinski definition) is 7. The minimum atomic E-state index is -0.499. The Morgan fingerprint density at radius 1 is 1.18 bits per heavy atom. The van der Waals surface area contributed by atoms with E-state index < -0.39 is 11.4 Å². The van der Waals surface area contributed by atoms with Crippen molar-refractivity contribution in [2.75, 3.05) is 18.5 Å². The quantitative estimate of drug-likeness (QED) is 0.421. The molecule has 0 aliphatic carbocycles. The first kappa shape index (κ1) is 20.9. The van der Waals surface area contributed by atoms with Crippen LogP contribution in [0.25, 0.3) is 10.8 Å². The highest BCUT2D eigenvalue weighted by molar-refractivity contribution is 5.96. The number of aromatic nitrogens is 5. The van der Waals surface area contributed by atoms with Gasteiger partial charge in [-0.1, -0.05) is 24.3 Å². The van der Waals surface area contributed by atoms with E-state index in [-0.39, 0.29) is 17.3 Å². The second kappa shape index (κ2) is 8.30. The van der Waals surface area contributed by atoms with Crippen LogP contribution in [0.2, 0.25) is 0 Å². The summed E-state index contributed by atoms with van der Waals surface area (Å²) >= 11 is 0. The van der Waals surface area contributed by atoms with E-state index in [0.717, 1.165) is 25.2 Å². The smallest absolute Gasteiger partial charge is 0.272 e. The van der Waals surface area contributed by atoms with Gasteiger partial charge in [0.1, 0.15) is 18.0 Å². The van der Waals surface area contributed by atoms with Gasteiger partial charge in [0, 0.05) is 18.5 Å². The van der Waals surface area contributed by atoms with Gasteiger partial charge in [-0.3, -0.25) is 9.69 Å². The maximum Gasteiger partial charge on any atom is 0.272 e. The second-order valence-corrected chi connectivity index (χ2v) is 8.84. The Balaban J connectivity index is 1.50. The van der Waals surface area contributed by atoms with Crippen LogP contribution in [0.3, 0.4) is 0 Å². The lowest BCUT2D eigenvalue weighted by molar-refractivity contribution is 0.172. The Morgan fingerprint density at radius 3 is 2.74 bits per heavy atom. The Labute approximate surface area is 195 Å². The van der Waals surface area contributed by atoms with E-state index in [1.807, 2.05) is 11.6 Å². The highest BCUT2D eigenvalue weighted by Gasteiger charge is 2.36. The molecule has 1 fully saturated rings. The molecule has 10 heteroatoms. The van der Waals surface area contributed by atoms with Crippen LogP contribution >= 0.6 is 0 Å². The summed E-state index contributed by atoms with van der Waals surface area (Å²) in [6.07, 6.45) is 2.79. The van der Waals surface area contributed by atoms with Crippen LogP contribution in [0, 0.1) is 5.82 Å². The third-order valence-electron chi connectivity index (χ3n) is 6.79. The molecule has 3 N–H and O–H groups in total. The first-order valence-corrected chi connectivity index (χ1v) is 11.5. The molecule has 4 heterocycles. The molecule has 0 spiro atoms. The molecule has 34 heavy (non-hydrogen) atoms. The molecule has 2 aromatic carbocycles. The lowest BCUT2D eigenvalue weighted by Crippen LogP contribution is -2.36. The standard InChI is InChI=1S/C24H25FN8O/c1-2-33-23(26-13-27-33)20-21(15-6-4-14(5-7-15)12-32-8-3-9-32)29-28-18-11-16(25)10-17-19(18)22(20)30-31-24(17)34/h4-7,10-11,13,20-21,28-29H,2-3,8-9,12H2,1H3,(H,31,34). The van der Waals surface area contributed by atoms with Gasteiger partial charge in [-0.2, -0.15) is 10.2 Å². The number of nitrogens with one attached hydrogen (secondary N) is 3. The van der Waals surface area contributed by atoms with Crippen molar-refractivity contribution in [3.63, 3.8) is 0 Å². The minimum absolute atomic E-state index is 0.243. The maximum atomic E-state index is 14.4. The average molecular weight is 461 g/mol. The number of nitrogens with zero attached hydrogens (tertiary/aromatic N) is 5. The molecule has 0 amide bonds. The molecule has 1 saturated heterocycles. The fraction of sp³-hybridized carbons (Fsp3) is 0.333. The minimum Gasteiger partial charge on any atom is -0.320 e. The van der Waals surface area contributed by atoms with E-state index in [4.69, 9.17) is 0 Å². The zero-order valence-electron chi connectivity index (χ0n) is 18.8. The van der Waals surface area contributed by atoms with Crippen molar-refractivity contribution >= 4 is 16.5 Å². The van der Waals surface area contributed by atoms with Crippen molar-refractivity contribution in [3.8, 4) is 0 Å². The number of aryl methyl sites for hydroxylation is 1. The molecule has 2 aliphatic rings. The highest BCUT2D eigenvalue weighted by atomic mass is 19.1. The number of anilines is 1. The lowest BCUT2D eigenvalue weighted by Gasteiger charge is -2.31. The first-order chi connectivity index (χ1) is 16.6. The molecule has 2 aliphatic heterocycles. The highest BCUT2D eigenvalue weighted by Crippen LogP contribution is 2.41. The summed E-state index contributed by atoms with van der Waals surface area (Å²) in [5.41, 5.74) is 9.43. The molecule has 9 nitrogen and oxygen atoms in total. The number of benzene rings is 2. The number of hydrogen-bond donors (Lipinski definition) is 3. The van der Waals surface area contributed by atoms with Crippen molar-refractivity contribution in [3.05, 3.63) is 81.5 Å². The first-order valence-electron chi connectivity index (χ1n) is 11.5. The van der Waals surface area contributed by atoms with E-state index in [0.29, 0.717) is 29.1 Å². The zero-order chi connectivity index (χ0) is 23.2. The summed E-state index contributed by atoms with van der Waals surface area (Å²) < 4.78 is 16.2. The van der Waals surface area contributed by atoms with Gasteiger partial charge in [0.25, 0.3) is 5.56 Å². The summed E-state index contributed by atoms with van der Waals surface area (Å²) in [6.45, 7) is 5.86. The Morgan fingerprint density at radius 2 is 2.00 bits per heavy atom. The van der Waals surface area contributed by atoms with E-state index >= 15 is 0 Å². The van der Waals surface area contributed by atoms with Crippen LogP contribution < -0.4 is 16.4 Å². The number of hydrazine groups is 1. The summed E-state index contributed by atoms with van der Waals surface area (Å²) in [5.74, 6) is -0.173. The van der Waals surface area contributed by atoms with Crippen LogP contribution in [0.4, 0.5) is 10.1 Å². The molecular weight excluding hydrogens is 435 g/mol. The van der Waals surface area contributed by atoms with Gasteiger partial charge in [-0.15, -0.1) is 0 Å². The maximum absolute atomic E-state index is 14.4. The topological polar surface area (TPSA) is 104 Å². The molecule has 2 atom stereocenters. The van der Waals surface area contributed by atoms with Gasteiger partial charge < -0.3 is 5.43 Å². The normalized spacial score (nSPS) is 20.1. The third-order valence-corrected chi connectivity index (χ3v) is 6.79. The number of H-pyrrole nitrogens is 1. The molecule has 4 aromatic rings. The van der Waals surface area contributed by atoms with Gasteiger partial charge in [0.05, 0.1) is 28.7 Å². The number of likely N-dealkylation sites (tertiary alicyclic amines) is 1. The summed E-state index contributed by atoms with van der Waals surface area (Å²) in [4.78, 5) is 19.5. The number of aromatic amines is 1. The number of rotatable bonds is 5. The molecule has 0 saturated carbocycles. The predicted octanol–water partition coefficient (Wildman–Crippen LogP) is 2.68. The molecule has 0 bridgehead atoms. The predicted molar refractivity (Wildman–Crippen MR) is 126 cm³/mol. The molecule has 2 aromatic heterocycles. The van der Waals surface area contributed by atoms with Crippen molar-refractivity contribution in [1.82, 2.24) is 35.3 Å². The molecule has 174 valence electrons. The van der Waals surface area contributed by atoms with Gasteiger partial charge >= 0.3 is 0 Å². The third kappa shape index (κ3) is 3.46. The van der Waals surface area contributed by atoms with Crippen LogP contribution in [0.15, 0.2) is 47.5 Å². The van der Waals surface area contributed by atoms with Gasteiger partial charge in [0.15, 0.2) is 0 Å². The van der Waals surface area contributed by atoms with Crippen LogP contribution in [0.5, 0.6) is 0 Å². The van der Waals surface area contributed by atoms with Gasteiger partial charge in [-0.05, 0) is 49.7 Å². The van der Waals surface area contributed by atoms with Crippen molar-refractivity contribution in [2.45, 2.75) is 38.4 Å². The Hall–Kier alpha value is -3.63. The zero-order valence-corrected chi connectivity index (χ0v) is 18.8. The fourth-order valence-electron chi connectivity index (χ4n) is 4.94. The molecule has 6 rings (SSSR count). The molecule has 2 unspecified atom stereocenters. The van der Waals surface area contributed by atoms with Crippen LogP contribution in [-0.4, -0.2) is 43.0 Å². The van der Waals surface area contributed by atoms with E-state index in [9.17, 15) is 9.18 Å². The largest absolute Gasteiger partial charge is 0.320 e. The van der Waals surface area contributed by atoms with Crippen LogP contribution in [-0.2, 0) is 13.1 Å². The average Bonchev–Trinajstić information content (AvgIpc) is 3.22. The summed E-state index contributed by atoms with van der Waals surface area (Å²) in [5, 5.41) is 12.2. The summed E-state index contributed by atoms with van der Waals surface area (Å²) in [7, 11) is 0. The van der Waals surface area contributed by atoms with Crippen molar-refractivity contribution in [1.29, 1.82) is 0 Å². The van der Waals surface area contributed by atoms with Crippen LogP contribution in [0.1, 0.15) is 47.9 Å². The fourth-order valence-corrected chi connectivity index (χ4v) is 4.94. The van der Waals surface area contributed by atoms with E-state index in [1.54, 1.807) is 0 Å². The molecular formula is C24H25FN8O. The van der Waals surface area contributed by atoms with Crippen molar-refractivity contribution < 1.29 is 4.39 Å². The lowest BCUT2D eigenvalue weighted by atomic mass is 9.87. The van der Waals surface area contributed by atoms with Crippen molar-refractivity contribution in [2.24, 2.45) is 0 Å². The van der Waals surface area contributed by atoms with Gasteiger partial charge in [0.2, 0.25) is 0 Å². The number of halogens is 1. The second-order valence-electron chi connectivity index (χ2n) is 8.84. The Kier molecular flexibility index (Phi) is 5.11.